The molecule has 1 aromatic carbocycles. The van der Waals surface area contributed by atoms with E-state index >= 15 is 0 Å². The van der Waals surface area contributed by atoms with E-state index in [-0.39, 0.29) is 5.91 Å². The third-order valence-corrected chi connectivity index (χ3v) is 5.02. The fourth-order valence-corrected chi connectivity index (χ4v) is 3.70. The summed E-state index contributed by atoms with van der Waals surface area (Å²) in [7, 11) is 3.93. The molecule has 0 bridgehead atoms. The molecule has 3 rings (SSSR count). The van der Waals surface area contributed by atoms with Crippen LogP contribution in [0.25, 0.3) is 11.3 Å². The minimum atomic E-state index is 0.132. The Kier molecular flexibility index (Phi) is 4.87. The summed E-state index contributed by atoms with van der Waals surface area (Å²) < 4.78 is 3.04. The topological polar surface area (TPSA) is 37.3 Å². The number of aromatic nitrogens is 1. The molecule has 0 aliphatic carbocycles. The van der Waals surface area contributed by atoms with E-state index in [1.165, 1.54) is 0 Å². The van der Waals surface area contributed by atoms with E-state index in [0.29, 0.717) is 5.92 Å². The first-order chi connectivity index (χ1) is 11.1. The number of rotatable bonds is 4. The largest absolute Gasteiger partial charge is 0.340 e. The minimum Gasteiger partial charge on any atom is -0.340 e. The molecule has 1 amide bonds. The molecule has 2 heterocycles. The van der Waals surface area contributed by atoms with Crippen LogP contribution in [0.3, 0.4) is 0 Å². The van der Waals surface area contributed by atoms with Crippen molar-refractivity contribution < 1.29 is 4.79 Å². The summed E-state index contributed by atoms with van der Waals surface area (Å²) in [6, 6.07) is 12.1. The molecule has 0 saturated carbocycles. The Hall–Kier alpha value is -1.59. The number of halogens is 1. The Balaban J connectivity index is 1.81. The fraction of sp³-hybridized carbons (Fsp3) is 0.389. The van der Waals surface area contributed by atoms with Crippen LogP contribution in [0.2, 0.25) is 0 Å². The second kappa shape index (κ2) is 6.89. The molecule has 23 heavy (non-hydrogen) atoms. The highest BCUT2D eigenvalue weighted by Gasteiger charge is 2.28. The van der Waals surface area contributed by atoms with Crippen molar-refractivity contribution in [3.8, 4) is 11.3 Å². The number of amides is 1. The van der Waals surface area contributed by atoms with E-state index in [1.54, 1.807) is 0 Å². The Bertz CT molecular complexity index is 710. The maximum atomic E-state index is 12.8. The summed E-state index contributed by atoms with van der Waals surface area (Å²) in [6.07, 6.45) is 1.08. The number of likely N-dealkylation sites (tertiary alicyclic amines) is 1. The van der Waals surface area contributed by atoms with Crippen LogP contribution < -0.4 is 5.32 Å². The highest BCUT2D eigenvalue weighted by atomic mass is 79.9. The van der Waals surface area contributed by atoms with E-state index in [1.807, 2.05) is 47.8 Å². The number of hydrogen-bond acceptors (Lipinski definition) is 2. The smallest absolute Gasteiger partial charge is 0.270 e. The Labute approximate surface area is 145 Å². The van der Waals surface area contributed by atoms with Crippen LogP contribution >= 0.6 is 15.9 Å². The van der Waals surface area contributed by atoms with Crippen molar-refractivity contribution in [1.29, 1.82) is 0 Å². The van der Waals surface area contributed by atoms with Crippen molar-refractivity contribution in [1.82, 2.24) is 14.8 Å². The van der Waals surface area contributed by atoms with Crippen LogP contribution in [0.5, 0.6) is 0 Å². The van der Waals surface area contributed by atoms with Crippen molar-refractivity contribution in [2.24, 2.45) is 13.0 Å². The molecule has 2 aromatic rings. The van der Waals surface area contributed by atoms with Crippen LogP contribution in [0, 0.1) is 5.92 Å². The Morgan fingerprint density at radius 3 is 2.91 bits per heavy atom. The third-order valence-electron chi connectivity index (χ3n) is 4.53. The van der Waals surface area contributed by atoms with Crippen LogP contribution in [0.15, 0.2) is 40.9 Å². The van der Waals surface area contributed by atoms with E-state index in [0.717, 1.165) is 47.5 Å². The van der Waals surface area contributed by atoms with Gasteiger partial charge in [-0.15, -0.1) is 0 Å². The van der Waals surface area contributed by atoms with Gasteiger partial charge in [0.2, 0.25) is 0 Å². The average molecular weight is 376 g/mol. The van der Waals surface area contributed by atoms with Gasteiger partial charge in [0, 0.05) is 30.3 Å². The Morgan fingerprint density at radius 2 is 2.17 bits per heavy atom. The van der Waals surface area contributed by atoms with Crippen molar-refractivity contribution in [3.05, 3.63) is 46.6 Å². The van der Waals surface area contributed by atoms with Gasteiger partial charge in [-0.1, -0.05) is 28.1 Å². The molecular formula is C18H22BrN3O. The van der Waals surface area contributed by atoms with E-state index in [4.69, 9.17) is 0 Å². The normalized spacial score (nSPS) is 17.7. The zero-order chi connectivity index (χ0) is 16.4. The lowest BCUT2D eigenvalue weighted by Crippen LogP contribution is -2.31. The number of benzene rings is 1. The minimum absolute atomic E-state index is 0.132. The van der Waals surface area contributed by atoms with Gasteiger partial charge in [0.15, 0.2) is 0 Å². The monoisotopic (exact) mass is 375 g/mol. The van der Waals surface area contributed by atoms with Crippen molar-refractivity contribution in [2.75, 3.05) is 26.7 Å². The first-order valence-corrected chi connectivity index (χ1v) is 8.75. The maximum Gasteiger partial charge on any atom is 0.270 e. The first-order valence-electron chi connectivity index (χ1n) is 7.95. The molecule has 0 spiro atoms. The number of carbonyl (C=O) groups is 1. The second-order valence-electron chi connectivity index (χ2n) is 6.14. The average Bonchev–Trinajstić information content (AvgIpc) is 3.14. The third kappa shape index (κ3) is 3.35. The van der Waals surface area contributed by atoms with E-state index in [9.17, 15) is 4.79 Å². The van der Waals surface area contributed by atoms with Crippen molar-refractivity contribution in [3.63, 3.8) is 0 Å². The van der Waals surface area contributed by atoms with E-state index in [2.05, 4.69) is 33.4 Å². The van der Waals surface area contributed by atoms with Crippen LogP contribution in [0.4, 0.5) is 0 Å². The molecule has 4 nitrogen and oxygen atoms in total. The van der Waals surface area contributed by atoms with Crippen LogP contribution in [-0.4, -0.2) is 42.1 Å². The van der Waals surface area contributed by atoms with Crippen LogP contribution in [-0.2, 0) is 7.05 Å². The van der Waals surface area contributed by atoms with Crippen molar-refractivity contribution >= 4 is 21.8 Å². The van der Waals surface area contributed by atoms with Crippen molar-refractivity contribution in [2.45, 2.75) is 6.42 Å². The summed E-state index contributed by atoms with van der Waals surface area (Å²) >= 11 is 3.50. The molecule has 1 N–H and O–H groups in total. The summed E-state index contributed by atoms with van der Waals surface area (Å²) in [5, 5.41) is 3.20. The Morgan fingerprint density at radius 1 is 1.35 bits per heavy atom. The zero-order valence-corrected chi connectivity index (χ0v) is 15.1. The predicted molar refractivity (Wildman–Crippen MR) is 96.5 cm³/mol. The summed E-state index contributed by atoms with van der Waals surface area (Å²) in [4.78, 5) is 14.8. The molecular weight excluding hydrogens is 354 g/mol. The van der Waals surface area contributed by atoms with Gasteiger partial charge in [-0.05, 0) is 55.8 Å². The lowest BCUT2D eigenvalue weighted by atomic mass is 10.1. The van der Waals surface area contributed by atoms with E-state index < -0.39 is 0 Å². The zero-order valence-electron chi connectivity index (χ0n) is 13.6. The summed E-state index contributed by atoms with van der Waals surface area (Å²) in [5.74, 6) is 0.695. The second-order valence-corrected chi connectivity index (χ2v) is 7.05. The highest BCUT2D eigenvalue weighted by molar-refractivity contribution is 9.10. The predicted octanol–water partition coefficient (Wildman–Crippen LogP) is 3.14. The maximum absolute atomic E-state index is 12.8. The number of hydrogen-bond donors (Lipinski definition) is 1. The van der Waals surface area contributed by atoms with Gasteiger partial charge in [0.1, 0.15) is 5.69 Å². The molecule has 0 unspecified atom stereocenters. The number of nitrogens with one attached hydrogen (secondary N) is 1. The molecule has 1 aliphatic rings. The molecule has 0 radical (unpaired) electrons. The van der Waals surface area contributed by atoms with Gasteiger partial charge in [-0.3, -0.25) is 4.79 Å². The fourth-order valence-electron chi connectivity index (χ4n) is 3.30. The SMILES string of the molecule is CNC[C@H]1CCN(C(=O)c2ccc(-c3cccc(Br)c3)n2C)C1. The quantitative estimate of drug-likeness (QED) is 0.890. The molecule has 1 fully saturated rings. The molecule has 1 aliphatic heterocycles. The lowest BCUT2D eigenvalue weighted by Gasteiger charge is -2.17. The first kappa shape index (κ1) is 16.3. The molecule has 122 valence electrons. The van der Waals surface area contributed by atoms with Gasteiger partial charge in [0.05, 0.1) is 0 Å². The summed E-state index contributed by atoms with van der Waals surface area (Å²) in [5.41, 5.74) is 2.92. The highest BCUT2D eigenvalue weighted by Crippen LogP contribution is 2.26. The van der Waals surface area contributed by atoms with Gasteiger partial charge in [0.25, 0.3) is 5.91 Å². The molecule has 1 saturated heterocycles. The number of carbonyl (C=O) groups excluding carboxylic acids is 1. The van der Waals surface area contributed by atoms with Gasteiger partial charge < -0.3 is 14.8 Å². The number of nitrogens with zero attached hydrogens (tertiary/aromatic N) is 2. The molecule has 5 heteroatoms. The standard InChI is InChI=1S/C18H22BrN3O/c1-20-11-13-8-9-22(12-13)18(23)17-7-6-16(21(17)2)14-4-3-5-15(19)10-14/h3-7,10,13,20H,8-9,11-12H2,1-2H3/t13-/m1/s1. The lowest BCUT2D eigenvalue weighted by molar-refractivity contribution is 0.0778. The van der Waals surface area contributed by atoms with Crippen LogP contribution in [0.1, 0.15) is 16.9 Å². The van der Waals surface area contributed by atoms with Gasteiger partial charge in [-0.2, -0.15) is 0 Å². The summed E-state index contributed by atoms with van der Waals surface area (Å²) in [6.45, 7) is 2.67. The molecule has 1 aromatic heterocycles. The van der Waals surface area contributed by atoms with Gasteiger partial charge >= 0.3 is 0 Å². The molecule has 1 atom stereocenters. The van der Waals surface area contributed by atoms with Gasteiger partial charge in [-0.25, -0.2) is 0 Å².